The fraction of sp³-hybridized carbons (Fsp3) is 0.353. The summed E-state index contributed by atoms with van der Waals surface area (Å²) >= 11 is 1.42. The first-order chi connectivity index (χ1) is 11.2. The Kier molecular flexibility index (Phi) is 4.71. The molecule has 0 aliphatic rings. The minimum absolute atomic E-state index is 0.0516. The maximum atomic E-state index is 12.7. The minimum Gasteiger partial charge on any atom is -0.300 e. The lowest BCUT2D eigenvalue weighted by Crippen LogP contribution is -2.27. The molecular weight excluding hydrogens is 308 g/mol. The number of carbonyl (C=O) groups excluding carboxylic acids is 1. The number of nitrogens with zero attached hydrogens (tertiary/aromatic N) is 3. The molecule has 1 amide bonds. The number of thiazole rings is 1. The first-order valence-electron chi connectivity index (χ1n) is 7.85. The SMILES string of the molecule is CCCCC(C(=O)Nc1nccs1)n1nc2ccccc2c1C. The van der Waals surface area contributed by atoms with Crippen LogP contribution >= 0.6 is 11.3 Å². The van der Waals surface area contributed by atoms with Gasteiger partial charge in [0.25, 0.3) is 5.91 Å². The smallest absolute Gasteiger partial charge is 0.251 e. The van der Waals surface area contributed by atoms with Crippen LogP contribution in [0.3, 0.4) is 0 Å². The van der Waals surface area contributed by atoms with Gasteiger partial charge in [-0.05, 0) is 19.4 Å². The number of aromatic nitrogens is 3. The van der Waals surface area contributed by atoms with Crippen LogP contribution in [0.15, 0.2) is 35.8 Å². The van der Waals surface area contributed by atoms with Crippen molar-refractivity contribution in [3.8, 4) is 0 Å². The van der Waals surface area contributed by atoms with E-state index in [1.807, 2.05) is 41.3 Å². The van der Waals surface area contributed by atoms with Gasteiger partial charge in [0.15, 0.2) is 5.13 Å². The molecule has 1 atom stereocenters. The highest BCUT2D eigenvalue weighted by Gasteiger charge is 2.24. The zero-order chi connectivity index (χ0) is 16.2. The molecule has 2 aromatic heterocycles. The maximum Gasteiger partial charge on any atom is 0.251 e. The lowest BCUT2D eigenvalue weighted by molar-refractivity contribution is -0.119. The molecule has 0 saturated carbocycles. The van der Waals surface area contributed by atoms with Gasteiger partial charge in [0.2, 0.25) is 0 Å². The maximum absolute atomic E-state index is 12.7. The summed E-state index contributed by atoms with van der Waals surface area (Å²) in [5.41, 5.74) is 1.95. The van der Waals surface area contributed by atoms with Crippen molar-refractivity contribution >= 4 is 33.3 Å². The predicted octanol–water partition coefficient (Wildman–Crippen LogP) is 4.17. The van der Waals surface area contributed by atoms with Crippen molar-refractivity contribution in [1.29, 1.82) is 0 Å². The summed E-state index contributed by atoms with van der Waals surface area (Å²) in [5, 5.41) is 11.1. The summed E-state index contributed by atoms with van der Waals surface area (Å²) < 4.78 is 1.86. The number of fused-ring (bicyclic) bond motifs is 1. The fourth-order valence-electron chi connectivity index (χ4n) is 2.72. The van der Waals surface area contributed by atoms with Crippen molar-refractivity contribution in [1.82, 2.24) is 14.8 Å². The Morgan fingerprint density at radius 3 is 2.91 bits per heavy atom. The summed E-state index contributed by atoms with van der Waals surface area (Å²) in [6.07, 6.45) is 4.48. The lowest BCUT2D eigenvalue weighted by Gasteiger charge is -2.18. The molecule has 2 heterocycles. The van der Waals surface area contributed by atoms with Crippen LogP contribution in [-0.2, 0) is 4.79 Å². The second kappa shape index (κ2) is 6.91. The van der Waals surface area contributed by atoms with Gasteiger partial charge < -0.3 is 5.32 Å². The number of benzene rings is 1. The van der Waals surface area contributed by atoms with Gasteiger partial charge in [-0.3, -0.25) is 9.48 Å². The third-order valence-corrected chi connectivity index (χ3v) is 4.63. The van der Waals surface area contributed by atoms with Crippen LogP contribution in [-0.4, -0.2) is 20.7 Å². The monoisotopic (exact) mass is 328 g/mol. The molecule has 0 saturated heterocycles. The van der Waals surface area contributed by atoms with Crippen molar-refractivity contribution in [3.05, 3.63) is 41.5 Å². The van der Waals surface area contributed by atoms with E-state index in [9.17, 15) is 4.79 Å². The van der Waals surface area contributed by atoms with E-state index >= 15 is 0 Å². The Bertz CT molecular complexity index is 794. The van der Waals surface area contributed by atoms with Gasteiger partial charge in [0.05, 0.1) is 5.52 Å². The van der Waals surface area contributed by atoms with Crippen LogP contribution in [0.1, 0.15) is 37.9 Å². The summed E-state index contributed by atoms with van der Waals surface area (Å²) in [7, 11) is 0. The highest BCUT2D eigenvalue weighted by atomic mass is 32.1. The van der Waals surface area contributed by atoms with Crippen molar-refractivity contribution in [2.45, 2.75) is 39.2 Å². The Morgan fingerprint density at radius 2 is 2.22 bits per heavy atom. The van der Waals surface area contributed by atoms with Crippen molar-refractivity contribution in [3.63, 3.8) is 0 Å². The van der Waals surface area contributed by atoms with E-state index in [4.69, 9.17) is 0 Å². The first kappa shape index (κ1) is 15.7. The standard InChI is InChI=1S/C17H20N4OS/c1-3-4-9-15(16(22)19-17-18-10-11-23-17)21-12(2)13-7-5-6-8-14(13)20-21/h5-8,10-11,15H,3-4,9H2,1-2H3,(H,18,19,22). The molecule has 6 heteroatoms. The molecule has 0 fully saturated rings. The van der Waals surface area contributed by atoms with Gasteiger partial charge in [-0.25, -0.2) is 4.98 Å². The van der Waals surface area contributed by atoms with E-state index in [2.05, 4.69) is 22.3 Å². The lowest BCUT2D eigenvalue weighted by atomic mass is 10.1. The second-order valence-electron chi connectivity index (χ2n) is 5.53. The third-order valence-electron chi connectivity index (χ3n) is 3.94. The van der Waals surface area contributed by atoms with Crippen molar-refractivity contribution in [2.75, 3.05) is 5.32 Å². The van der Waals surface area contributed by atoms with E-state index in [0.29, 0.717) is 5.13 Å². The third kappa shape index (κ3) is 3.27. The predicted molar refractivity (Wildman–Crippen MR) is 93.8 cm³/mol. The number of unbranched alkanes of at least 4 members (excludes halogenated alkanes) is 1. The van der Waals surface area contributed by atoms with Crippen LogP contribution in [0.4, 0.5) is 5.13 Å². The molecule has 5 nitrogen and oxygen atoms in total. The molecule has 0 aliphatic carbocycles. The Balaban J connectivity index is 1.93. The average molecular weight is 328 g/mol. The number of anilines is 1. The highest BCUT2D eigenvalue weighted by Crippen LogP contribution is 2.25. The topological polar surface area (TPSA) is 59.8 Å². The van der Waals surface area contributed by atoms with E-state index in [1.165, 1.54) is 11.3 Å². The zero-order valence-electron chi connectivity index (χ0n) is 13.3. The largest absolute Gasteiger partial charge is 0.300 e. The molecule has 23 heavy (non-hydrogen) atoms. The normalized spacial score (nSPS) is 12.4. The van der Waals surface area contributed by atoms with Gasteiger partial charge in [0.1, 0.15) is 6.04 Å². The van der Waals surface area contributed by atoms with E-state index in [1.54, 1.807) is 6.20 Å². The van der Waals surface area contributed by atoms with Crippen molar-refractivity contribution in [2.24, 2.45) is 0 Å². The Hall–Kier alpha value is -2.21. The molecule has 3 rings (SSSR count). The molecule has 3 aromatic rings. The number of nitrogens with one attached hydrogen (secondary N) is 1. The van der Waals surface area contributed by atoms with Gasteiger partial charge in [-0.15, -0.1) is 11.3 Å². The summed E-state index contributed by atoms with van der Waals surface area (Å²) in [5.74, 6) is -0.0516. The molecular formula is C17H20N4OS. The minimum atomic E-state index is -0.314. The zero-order valence-corrected chi connectivity index (χ0v) is 14.1. The number of rotatable bonds is 6. The van der Waals surface area contributed by atoms with Crippen LogP contribution in [0, 0.1) is 6.92 Å². The molecule has 1 N–H and O–H groups in total. The summed E-state index contributed by atoms with van der Waals surface area (Å²) in [6.45, 7) is 4.15. The molecule has 0 radical (unpaired) electrons. The number of carbonyl (C=O) groups is 1. The number of amides is 1. The molecule has 1 unspecified atom stereocenters. The summed E-state index contributed by atoms with van der Waals surface area (Å²) in [6, 6.07) is 7.68. The van der Waals surface area contributed by atoms with Crippen LogP contribution in [0.2, 0.25) is 0 Å². The summed E-state index contributed by atoms with van der Waals surface area (Å²) in [4.78, 5) is 16.9. The number of hydrogen-bond acceptors (Lipinski definition) is 4. The van der Waals surface area contributed by atoms with Gasteiger partial charge in [-0.1, -0.05) is 38.0 Å². The van der Waals surface area contributed by atoms with Crippen LogP contribution in [0.5, 0.6) is 0 Å². The first-order valence-corrected chi connectivity index (χ1v) is 8.73. The number of aryl methyl sites for hydroxylation is 1. The average Bonchev–Trinajstić information content (AvgIpc) is 3.17. The quantitative estimate of drug-likeness (QED) is 0.739. The molecule has 0 spiro atoms. The van der Waals surface area contributed by atoms with E-state index < -0.39 is 0 Å². The molecule has 1 aromatic carbocycles. The second-order valence-corrected chi connectivity index (χ2v) is 6.43. The van der Waals surface area contributed by atoms with Gasteiger partial charge in [0, 0.05) is 22.7 Å². The Morgan fingerprint density at radius 1 is 1.39 bits per heavy atom. The van der Waals surface area contributed by atoms with E-state index in [0.717, 1.165) is 35.9 Å². The van der Waals surface area contributed by atoms with Gasteiger partial charge >= 0.3 is 0 Å². The fourth-order valence-corrected chi connectivity index (χ4v) is 3.25. The van der Waals surface area contributed by atoms with Crippen molar-refractivity contribution < 1.29 is 4.79 Å². The van der Waals surface area contributed by atoms with Crippen LogP contribution < -0.4 is 5.32 Å². The van der Waals surface area contributed by atoms with E-state index in [-0.39, 0.29) is 11.9 Å². The molecule has 0 bridgehead atoms. The van der Waals surface area contributed by atoms with Crippen LogP contribution in [0.25, 0.3) is 10.9 Å². The number of hydrogen-bond donors (Lipinski definition) is 1. The highest BCUT2D eigenvalue weighted by molar-refractivity contribution is 7.13. The molecule has 0 aliphatic heterocycles. The van der Waals surface area contributed by atoms with Gasteiger partial charge in [-0.2, -0.15) is 5.10 Å². The Labute approximate surface area is 139 Å². The molecule has 120 valence electrons.